The van der Waals surface area contributed by atoms with Crippen LogP contribution in [-0.4, -0.2) is 50.6 Å². The third-order valence-electron chi connectivity index (χ3n) is 3.23. The fourth-order valence-corrected chi connectivity index (χ4v) is 2.68. The summed E-state index contributed by atoms with van der Waals surface area (Å²) in [6, 6.07) is 6.23. The Morgan fingerprint density at radius 3 is 2.33 bits per heavy atom. The predicted octanol–water partition coefficient (Wildman–Crippen LogP) is 0.932. The van der Waals surface area contributed by atoms with Gasteiger partial charge in [0.25, 0.3) is 0 Å². The lowest BCUT2D eigenvalue weighted by Gasteiger charge is -2.20. The molecule has 6 nitrogen and oxygen atoms in total. The van der Waals surface area contributed by atoms with Crippen LogP contribution in [0.25, 0.3) is 0 Å². The third-order valence-corrected chi connectivity index (χ3v) is 4.70. The first-order chi connectivity index (χ1) is 9.72. The average molecular weight is 314 g/mol. The van der Waals surface area contributed by atoms with Crippen molar-refractivity contribution < 1.29 is 18.3 Å². The van der Waals surface area contributed by atoms with Crippen LogP contribution in [0.3, 0.4) is 0 Å². The van der Waals surface area contributed by atoms with Gasteiger partial charge >= 0.3 is 5.97 Å². The van der Waals surface area contributed by atoms with Gasteiger partial charge in [-0.1, -0.05) is 12.1 Å². The molecule has 118 valence electrons. The monoisotopic (exact) mass is 314 g/mol. The lowest BCUT2D eigenvalue weighted by atomic mass is 10.2. The number of carboxylic acid groups (broad SMARTS) is 1. The van der Waals surface area contributed by atoms with E-state index in [1.807, 2.05) is 25.8 Å². The van der Waals surface area contributed by atoms with Crippen molar-refractivity contribution in [1.29, 1.82) is 0 Å². The van der Waals surface area contributed by atoms with E-state index >= 15 is 0 Å². The van der Waals surface area contributed by atoms with Gasteiger partial charge in [0, 0.05) is 19.1 Å². The molecule has 0 bridgehead atoms. The van der Waals surface area contributed by atoms with E-state index in [4.69, 9.17) is 5.11 Å². The molecule has 1 aromatic rings. The van der Waals surface area contributed by atoms with Gasteiger partial charge in [-0.25, -0.2) is 13.1 Å². The number of aliphatic carboxylic acids is 1. The SMILES string of the molecule is CC(C)N(C)CCNS(=O)(=O)c1ccc(CC(=O)O)cc1. The molecule has 0 radical (unpaired) electrons. The quantitative estimate of drug-likeness (QED) is 0.745. The number of nitrogens with zero attached hydrogens (tertiary/aromatic N) is 1. The Kier molecular flexibility index (Phi) is 6.32. The summed E-state index contributed by atoms with van der Waals surface area (Å²) in [5.74, 6) is -0.944. The highest BCUT2D eigenvalue weighted by Crippen LogP contribution is 2.11. The van der Waals surface area contributed by atoms with Crippen LogP contribution < -0.4 is 4.72 Å². The van der Waals surface area contributed by atoms with Gasteiger partial charge in [-0.05, 0) is 38.6 Å². The van der Waals surface area contributed by atoms with Gasteiger partial charge < -0.3 is 10.0 Å². The van der Waals surface area contributed by atoms with Crippen molar-refractivity contribution in [2.75, 3.05) is 20.1 Å². The molecule has 0 heterocycles. The molecule has 21 heavy (non-hydrogen) atoms. The fourth-order valence-electron chi connectivity index (χ4n) is 1.66. The molecule has 0 aliphatic rings. The van der Waals surface area contributed by atoms with E-state index in [1.165, 1.54) is 24.3 Å². The Hall–Kier alpha value is -1.44. The van der Waals surface area contributed by atoms with E-state index < -0.39 is 16.0 Å². The Labute approximate surface area is 125 Å². The average Bonchev–Trinajstić information content (AvgIpc) is 2.38. The molecule has 0 amide bonds. The Morgan fingerprint density at radius 2 is 1.86 bits per heavy atom. The summed E-state index contributed by atoms with van der Waals surface area (Å²) in [7, 11) is -1.62. The van der Waals surface area contributed by atoms with Crippen molar-refractivity contribution in [3.05, 3.63) is 29.8 Å². The molecule has 2 N–H and O–H groups in total. The van der Waals surface area contributed by atoms with Gasteiger partial charge in [0.2, 0.25) is 10.0 Å². The minimum absolute atomic E-state index is 0.118. The minimum atomic E-state index is -3.55. The molecular weight excluding hydrogens is 292 g/mol. The zero-order chi connectivity index (χ0) is 16.0. The summed E-state index contributed by atoms with van der Waals surface area (Å²) < 4.78 is 26.7. The third kappa shape index (κ3) is 5.82. The second kappa shape index (κ2) is 7.53. The van der Waals surface area contributed by atoms with Crippen LogP contribution in [0.15, 0.2) is 29.2 Å². The van der Waals surface area contributed by atoms with E-state index in [-0.39, 0.29) is 11.3 Å². The molecule has 0 aliphatic heterocycles. The Bertz CT molecular complexity index is 567. The van der Waals surface area contributed by atoms with E-state index in [1.54, 1.807) is 0 Å². The first-order valence-corrected chi connectivity index (χ1v) is 8.21. The van der Waals surface area contributed by atoms with Crippen LogP contribution in [0.4, 0.5) is 0 Å². The van der Waals surface area contributed by atoms with Crippen LogP contribution in [-0.2, 0) is 21.2 Å². The molecule has 0 saturated carbocycles. The number of carbonyl (C=O) groups is 1. The van der Waals surface area contributed by atoms with Crippen molar-refractivity contribution in [2.45, 2.75) is 31.2 Å². The lowest BCUT2D eigenvalue weighted by Crippen LogP contribution is -2.36. The molecule has 0 fully saturated rings. The number of carboxylic acids is 1. The molecule has 0 aromatic heterocycles. The molecule has 0 saturated heterocycles. The molecule has 0 atom stereocenters. The van der Waals surface area contributed by atoms with Crippen LogP contribution in [0.5, 0.6) is 0 Å². The molecular formula is C14H22N2O4S. The van der Waals surface area contributed by atoms with Crippen molar-refractivity contribution >= 4 is 16.0 Å². The minimum Gasteiger partial charge on any atom is -0.481 e. The van der Waals surface area contributed by atoms with Gasteiger partial charge in [0.05, 0.1) is 11.3 Å². The first kappa shape index (κ1) is 17.6. The van der Waals surface area contributed by atoms with Gasteiger partial charge in [-0.2, -0.15) is 0 Å². The number of benzene rings is 1. The van der Waals surface area contributed by atoms with Crippen molar-refractivity contribution in [2.24, 2.45) is 0 Å². The maximum absolute atomic E-state index is 12.1. The maximum Gasteiger partial charge on any atom is 0.307 e. The summed E-state index contributed by atoms with van der Waals surface area (Å²) in [4.78, 5) is 12.8. The number of nitrogens with one attached hydrogen (secondary N) is 1. The van der Waals surface area contributed by atoms with E-state index in [2.05, 4.69) is 4.72 Å². The zero-order valence-electron chi connectivity index (χ0n) is 12.5. The highest BCUT2D eigenvalue weighted by molar-refractivity contribution is 7.89. The van der Waals surface area contributed by atoms with Crippen molar-refractivity contribution in [1.82, 2.24) is 9.62 Å². The fraction of sp³-hybridized carbons (Fsp3) is 0.500. The van der Waals surface area contributed by atoms with Crippen LogP contribution in [0, 0.1) is 0 Å². The summed E-state index contributed by atoms with van der Waals surface area (Å²) in [5.41, 5.74) is 0.570. The lowest BCUT2D eigenvalue weighted by molar-refractivity contribution is -0.136. The second-order valence-corrected chi connectivity index (χ2v) is 6.95. The van der Waals surface area contributed by atoms with E-state index in [0.29, 0.717) is 24.7 Å². The predicted molar refractivity (Wildman–Crippen MR) is 80.7 cm³/mol. The molecule has 0 aliphatic carbocycles. The molecule has 1 aromatic carbocycles. The first-order valence-electron chi connectivity index (χ1n) is 6.73. The molecule has 0 unspecified atom stereocenters. The van der Waals surface area contributed by atoms with Gasteiger partial charge in [0.1, 0.15) is 0 Å². The highest BCUT2D eigenvalue weighted by Gasteiger charge is 2.14. The van der Waals surface area contributed by atoms with E-state index in [9.17, 15) is 13.2 Å². The Balaban J connectivity index is 2.64. The topological polar surface area (TPSA) is 86.7 Å². The summed E-state index contributed by atoms with van der Waals surface area (Å²) >= 11 is 0. The van der Waals surface area contributed by atoms with Crippen LogP contribution >= 0.6 is 0 Å². The van der Waals surface area contributed by atoms with Gasteiger partial charge in [-0.3, -0.25) is 4.79 Å². The smallest absolute Gasteiger partial charge is 0.307 e. The number of hydrogen-bond acceptors (Lipinski definition) is 4. The summed E-state index contributed by atoms with van der Waals surface area (Å²) in [5, 5.41) is 8.67. The largest absolute Gasteiger partial charge is 0.481 e. The molecule has 7 heteroatoms. The van der Waals surface area contributed by atoms with Crippen molar-refractivity contribution in [3.63, 3.8) is 0 Å². The maximum atomic E-state index is 12.1. The Morgan fingerprint density at radius 1 is 1.29 bits per heavy atom. The molecule has 1 rings (SSSR count). The van der Waals surface area contributed by atoms with Crippen LogP contribution in [0.2, 0.25) is 0 Å². The molecule has 0 spiro atoms. The number of likely N-dealkylation sites (N-methyl/N-ethyl adjacent to an activating group) is 1. The number of rotatable bonds is 8. The standard InChI is InChI=1S/C14H22N2O4S/c1-11(2)16(3)9-8-15-21(19,20)13-6-4-12(5-7-13)10-14(17)18/h4-7,11,15H,8-10H2,1-3H3,(H,17,18). The summed E-state index contributed by atoms with van der Waals surface area (Å²) in [6.07, 6.45) is -0.118. The zero-order valence-corrected chi connectivity index (χ0v) is 13.4. The van der Waals surface area contributed by atoms with Gasteiger partial charge in [0.15, 0.2) is 0 Å². The van der Waals surface area contributed by atoms with Gasteiger partial charge in [-0.15, -0.1) is 0 Å². The van der Waals surface area contributed by atoms with Crippen molar-refractivity contribution in [3.8, 4) is 0 Å². The van der Waals surface area contributed by atoms with Crippen LogP contribution in [0.1, 0.15) is 19.4 Å². The number of hydrogen-bond donors (Lipinski definition) is 2. The highest BCUT2D eigenvalue weighted by atomic mass is 32.2. The normalized spacial score (nSPS) is 12.0. The number of sulfonamides is 1. The second-order valence-electron chi connectivity index (χ2n) is 5.19. The van der Waals surface area contributed by atoms with E-state index in [0.717, 1.165) is 0 Å². The summed E-state index contributed by atoms with van der Waals surface area (Å²) in [6.45, 7) is 5.02.